The summed E-state index contributed by atoms with van der Waals surface area (Å²) in [5.41, 5.74) is 0.342. The molecule has 1 heterocycles. The number of esters is 1. The Labute approximate surface area is 147 Å². The van der Waals surface area contributed by atoms with Crippen molar-refractivity contribution in [2.45, 2.75) is 38.5 Å². The Hall–Kier alpha value is -2.44. The lowest BCUT2D eigenvalue weighted by Crippen LogP contribution is -2.42. The smallest absolute Gasteiger partial charge is 0.356 e. The maximum atomic E-state index is 12.4. The molecule has 1 aromatic rings. The number of pyridine rings is 1. The van der Waals surface area contributed by atoms with Crippen molar-refractivity contribution in [2.24, 2.45) is 5.41 Å². The normalized spacial score (nSPS) is 15.9. The number of amides is 2. The van der Waals surface area contributed by atoms with E-state index in [2.05, 4.69) is 20.4 Å². The topological polar surface area (TPSA) is 97.4 Å². The highest BCUT2D eigenvalue weighted by Gasteiger charge is 2.34. The van der Waals surface area contributed by atoms with Gasteiger partial charge in [-0.3, -0.25) is 9.59 Å². The molecular weight excluding hydrogens is 322 g/mol. The number of hydrogen-bond acceptors (Lipinski definition) is 5. The van der Waals surface area contributed by atoms with Crippen LogP contribution in [-0.2, 0) is 9.53 Å². The second-order valence-corrected chi connectivity index (χ2v) is 6.52. The van der Waals surface area contributed by atoms with Gasteiger partial charge in [-0.1, -0.05) is 19.3 Å². The van der Waals surface area contributed by atoms with Gasteiger partial charge in [-0.05, 0) is 30.4 Å². The molecule has 136 valence electrons. The van der Waals surface area contributed by atoms with Gasteiger partial charge in [0.25, 0.3) is 5.91 Å². The van der Waals surface area contributed by atoms with E-state index in [-0.39, 0.29) is 22.9 Å². The third-order valence-electron chi connectivity index (χ3n) is 4.77. The molecule has 2 N–H and O–H groups in total. The summed E-state index contributed by atoms with van der Waals surface area (Å²) in [6.45, 7) is 0.456. The average Bonchev–Trinajstić information content (AvgIpc) is 2.66. The van der Waals surface area contributed by atoms with Crippen molar-refractivity contribution in [1.29, 1.82) is 0 Å². The Morgan fingerprint density at radius 2 is 1.92 bits per heavy atom. The molecule has 2 rings (SSSR count). The predicted octanol–water partition coefficient (Wildman–Crippen LogP) is 1.68. The van der Waals surface area contributed by atoms with Gasteiger partial charge in [-0.15, -0.1) is 0 Å². The molecule has 7 heteroatoms. The van der Waals surface area contributed by atoms with Gasteiger partial charge in [0.15, 0.2) is 0 Å². The van der Waals surface area contributed by atoms with E-state index in [9.17, 15) is 14.4 Å². The summed E-state index contributed by atoms with van der Waals surface area (Å²) in [6, 6.07) is 3.00. The first-order valence-corrected chi connectivity index (χ1v) is 8.53. The Morgan fingerprint density at radius 3 is 2.48 bits per heavy atom. The molecule has 0 saturated heterocycles. The summed E-state index contributed by atoms with van der Waals surface area (Å²) >= 11 is 0. The largest absolute Gasteiger partial charge is 0.464 e. The summed E-state index contributed by atoms with van der Waals surface area (Å²) in [6.07, 6.45) is 6.95. The molecule has 0 bridgehead atoms. The van der Waals surface area contributed by atoms with Gasteiger partial charge in [-0.25, -0.2) is 9.78 Å². The number of carbonyl (C=O) groups is 3. The molecule has 7 nitrogen and oxygen atoms in total. The minimum atomic E-state index is -0.543. The second-order valence-electron chi connectivity index (χ2n) is 6.52. The molecule has 1 aliphatic carbocycles. The van der Waals surface area contributed by atoms with E-state index in [1.54, 1.807) is 13.1 Å². The lowest BCUT2D eigenvalue weighted by Gasteiger charge is -2.36. The standard InChI is InChI=1S/C18H25N3O4/c1-19-15(22)10-18(8-4-3-5-9-18)12-21-16(23)13-6-7-14(20-11-13)17(24)25-2/h6-7,11H,3-5,8-10,12H2,1-2H3,(H,19,22)(H,21,23). The molecular formula is C18H25N3O4. The Morgan fingerprint density at radius 1 is 1.20 bits per heavy atom. The number of aromatic nitrogens is 1. The zero-order chi connectivity index (χ0) is 18.3. The van der Waals surface area contributed by atoms with Crippen LogP contribution in [0.1, 0.15) is 59.4 Å². The van der Waals surface area contributed by atoms with Crippen LogP contribution in [0.3, 0.4) is 0 Å². The van der Waals surface area contributed by atoms with Crippen LogP contribution in [0.25, 0.3) is 0 Å². The van der Waals surface area contributed by atoms with Gasteiger partial charge in [0.2, 0.25) is 5.91 Å². The molecule has 0 aromatic carbocycles. The number of nitrogens with one attached hydrogen (secondary N) is 2. The summed E-state index contributed by atoms with van der Waals surface area (Å²) in [4.78, 5) is 39.5. The van der Waals surface area contributed by atoms with Crippen molar-refractivity contribution in [1.82, 2.24) is 15.6 Å². The predicted molar refractivity (Wildman–Crippen MR) is 92.1 cm³/mol. The van der Waals surface area contributed by atoms with Crippen LogP contribution in [0.2, 0.25) is 0 Å². The van der Waals surface area contributed by atoms with Gasteiger partial charge >= 0.3 is 5.97 Å². The van der Waals surface area contributed by atoms with Crippen LogP contribution in [0, 0.1) is 5.41 Å². The lowest BCUT2D eigenvalue weighted by atomic mass is 9.71. The molecule has 25 heavy (non-hydrogen) atoms. The minimum absolute atomic E-state index is 0.000228. The van der Waals surface area contributed by atoms with Gasteiger partial charge in [0.1, 0.15) is 5.69 Å². The van der Waals surface area contributed by atoms with Gasteiger partial charge in [0.05, 0.1) is 12.7 Å². The number of carbonyl (C=O) groups excluding carboxylic acids is 3. The molecule has 1 fully saturated rings. The molecule has 0 unspecified atom stereocenters. The number of ether oxygens (including phenoxy) is 1. The van der Waals surface area contributed by atoms with Crippen LogP contribution < -0.4 is 10.6 Å². The first-order valence-electron chi connectivity index (χ1n) is 8.53. The number of methoxy groups -OCH3 is 1. The number of hydrogen-bond donors (Lipinski definition) is 2. The molecule has 0 radical (unpaired) electrons. The van der Waals surface area contributed by atoms with E-state index < -0.39 is 5.97 Å². The molecule has 0 aliphatic heterocycles. The summed E-state index contributed by atoms with van der Waals surface area (Å²) in [5.74, 6) is -0.801. The summed E-state index contributed by atoms with van der Waals surface area (Å²) in [5, 5.41) is 5.60. The van der Waals surface area contributed by atoms with E-state index in [0.29, 0.717) is 18.5 Å². The number of nitrogens with zero attached hydrogens (tertiary/aromatic N) is 1. The molecule has 0 atom stereocenters. The third kappa shape index (κ3) is 5.01. The second kappa shape index (κ2) is 8.60. The molecule has 0 spiro atoms. The SMILES string of the molecule is CNC(=O)CC1(CNC(=O)c2ccc(C(=O)OC)nc2)CCCCC1. The highest BCUT2D eigenvalue weighted by molar-refractivity contribution is 5.95. The zero-order valence-corrected chi connectivity index (χ0v) is 14.8. The first kappa shape index (κ1) is 18.9. The van der Waals surface area contributed by atoms with E-state index in [4.69, 9.17) is 0 Å². The van der Waals surface area contributed by atoms with Crippen LogP contribution in [0.4, 0.5) is 0 Å². The van der Waals surface area contributed by atoms with Crippen molar-refractivity contribution >= 4 is 17.8 Å². The van der Waals surface area contributed by atoms with E-state index >= 15 is 0 Å². The van der Waals surface area contributed by atoms with Crippen molar-refractivity contribution in [3.63, 3.8) is 0 Å². The van der Waals surface area contributed by atoms with E-state index in [1.165, 1.54) is 25.8 Å². The zero-order valence-electron chi connectivity index (χ0n) is 14.8. The van der Waals surface area contributed by atoms with Gasteiger partial charge in [-0.2, -0.15) is 0 Å². The quantitative estimate of drug-likeness (QED) is 0.763. The van der Waals surface area contributed by atoms with E-state index in [0.717, 1.165) is 25.7 Å². The molecule has 1 aliphatic rings. The van der Waals surface area contributed by atoms with Gasteiger partial charge in [0, 0.05) is 26.2 Å². The summed E-state index contributed by atoms with van der Waals surface area (Å²) < 4.78 is 4.58. The highest BCUT2D eigenvalue weighted by atomic mass is 16.5. The average molecular weight is 347 g/mol. The van der Waals surface area contributed by atoms with Crippen LogP contribution >= 0.6 is 0 Å². The van der Waals surface area contributed by atoms with Crippen LogP contribution in [-0.4, -0.2) is 43.5 Å². The Bertz CT molecular complexity index is 622. The van der Waals surface area contributed by atoms with Crippen molar-refractivity contribution in [3.8, 4) is 0 Å². The molecule has 2 amide bonds. The maximum Gasteiger partial charge on any atom is 0.356 e. The lowest BCUT2D eigenvalue weighted by molar-refractivity contribution is -0.123. The fourth-order valence-corrected chi connectivity index (χ4v) is 3.27. The fraction of sp³-hybridized carbons (Fsp3) is 0.556. The Kier molecular flexibility index (Phi) is 6.50. The van der Waals surface area contributed by atoms with Crippen molar-refractivity contribution in [2.75, 3.05) is 20.7 Å². The third-order valence-corrected chi connectivity index (χ3v) is 4.77. The van der Waals surface area contributed by atoms with Crippen LogP contribution in [0.15, 0.2) is 18.3 Å². The summed E-state index contributed by atoms with van der Waals surface area (Å²) in [7, 11) is 2.91. The van der Waals surface area contributed by atoms with Gasteiger partial charge < -0.3 is 15.4 Å². The highest BCUT2D eigenvalue weighted by Crippen LogP contribution is 2.38. The minimum Gasteiger partial charge on any atom is -0.464 e. The van der Waals surface area contributed by atoms with E-state index in [1.807, 2.05) is 0 Å². The van der Waals surface area contributed by atoms with Crippen molar-refractivity contribution < 1.29 is 19.1 Å². The first-order chi connectivity index (χ1) is 12.0. The fourth-order valence-electron chi connectivity index (χ4n) is 3.27. The Balaban J connectivity index is 2.00. The monoisotopic (exact) mass is 347 g/mol. The van der Waals surface area contributed by atoms with Crippen LogP contribution in [0.5, 0.6) is 0 Å². The molecule has 1 saturated carbocycles. The van der Waals surface area contributed by atoms with Crippen molar-refractivity contribution in [3.05, 3.63) is 29.6 Å². The molecule has 1 aromatic heterocycles. The number of rotatable bonds is 6. The maximum absolute atomic E-state index is 12.4.